The first-order valence-corrected chi connectivity index (χ1v) is 7.88. The first kappa shape index (κ1) is 14.7. The predicted octanol–water partition coefficient (Wildman–Crippen LogP) is 3.05. The Hall–Kier alpha value is -0.710. The number of hydrogen-bond acceptors (Lipinski definition) is 3. The van der Waals surface area contributed by atoms with E-state index in [1.807, 2.05) is 25.3 Å². The van der Waals surface area contributed by atoms with Crippen LogP contribution in [-0.4, -0.2) is 40.9 Å². The number of rotatable bonds is 2. The Morgan fingerprint density at radius 1 is 1.42 bits per heavy atom. The van der Waals surface area contributed by atoms with Crippen LogP contribution < -0.4 is 0 Å². The van der Waals surface area contributed by atoms with Crippen molar-refractivity contribution in [1.82, 2.24) is 4.90 Å². The molecule has 0 unspecified atom stereocenters. The summed E-state index contributed by atoms with van der Waals surface area (Å²) in [6, 6.07) is 5.51. The quantitative estimate of drug-likeness (QED) is 0.853. The fourth-order valence-electron chi connectivity index (χ4n) is 2.16. The van der Waals surface area contributed by atoms with Gasteiger partial charge in [-0.1, -0.05) is 11.6 Å². The van der Waals surface area contributed by atoms with Crippen LogP contribution in [0.25, 0.3) is 0 Å². The molecule has 0 aromatic heterocycles. The van der Waals surface area contributed by atoms with Crippen molar-refractivity contribution in [3.05, 3.63) is 28.8 Å². The second kappa shape index (κ2) is 5.73. The van der Waals surface area contributed by atoms with Crippen LogP contribution in [0.15, 0.2) is 23.1 Å². The Labute approximate surface area is 122 Å². The van der Waals surface area contributed by atoms with Gasteiger partial charge in [-0.15, -0.1) is 11.8 Å². The van der Waals surface area contributed by atoms with E-state index in [0.717, 1.165) is 4.90 Å². The van der Waals surface area contributed by atoms with Gasteiger partial charge in [0.25, 0.3) is 5.91 Å². The van der Waals surface area contributed by atoms with Gasteiger partial charge in [-0.05, 0) is 44.2 Å². The number of thioether (sulfide) groups is 1. The van der Waals surface area contributed by atoms with Crippen molar-refractivity contribution >= 4 is 29.3 Å². The Balaban J connectivity index is 2.16. The molecule has 1 aromatic carbocycles. The monoisotopic (exact) mass is 299 g/mol. The zero-order chi connectivity index (χ0) is 14.0. The van der Waals surface area contributed by atoms with Crippen molar-refractivity contribution in [2.75, 3.05) is 19.3 Å². The summed E-state index contributed by atoms with van der Waals surface area (Å²) >= 11 is 7.70. The maximum atomic E-state index is 12.5. The molecule has 0 saturated carbocycles. The second-order valence-electron chi connectivity index (χ2n) is 5.13. The Kier molecular flexibility index (Phi) is 4.43. The van der Waals surface area contributed by atoms with E-state index in [2.05, 4.69) is 0 Å². The van der Waals surface area contributed by atoms with Gasteiger partial charge in [-0.25, -0.2) is 0 Å². The molecule has 1 aliphatic rings. The van der Waals surface area contributed by atoms with Gasteiger partial charge in [0, 0.05) is 18.0 Å². The van der Waals surface area contributed by atoms with E-state index in [1.165, 1.54) is 0 Å². The van der Waals surface area contributed by atoms with Crippen LogP contribution in [0.2, 0.25) is 5.02 Å². The summed E-state index contributed by atoms with van der Waals surface area (Å²) in [5.74, 6) is -0.0450. The zero-order valence-electron chi connectivity index (χ0n) is 11.1. The highest BCUT2D eigenvalue weighted by molar-refractivity contribution is 7.98. The van der Waals surface area contributed by atoms with Crippen molar-refractivity contribution in [2.24, 2.45) is 0 Å². The van der Waals surface area contributed by atoms with Gasteiger partial charge < -0.3 is 10.0 Å². The molecule has 1 aromatic rings. The Morgan fingerprint density at radius 2 is 2.05 bits per heavy atom. The summed E-state index contributed by atoms with van der Waals surface area (Å²) in [5.41, 5.74) is -0.100. The topological polar surface area (TPSA) is 40.5 Å². The largest absolute Gasteiger partial charge is 0.390 e. The van der Waals surface area contributed by atoms with E-state index in [1.54, 1.807) is 22.7 Å². The SMILES string of the molecule is CSc1ccc(Cl)c(C(=O)N2CCC(C)(O)CC2)c1. The Morgan fingerprint density at radius 3 is 2.63 bits per heavy atom. The molecular weight excluding hydrogens is 282 g/mol. The summed E-state index contributed by atoms with van der Waals surface area (Å²) in [4.78, 5) is 15.2. The second-order valence-corrected chi connectivity index (χ2v) is 6.42. The number of nitrogens with zero attached hydrogens (tertiary/aromatic N) is 1. The van der Waals surface area contributed by atoms with Gasteiger partial charge in [-0.3, -0.25) is 4.79 Å². The first-order valence-electron chi connectivity index (χ1n) is 6.28. The van der Waals surface area contributed by atoms with Gasteiger partial charge in [0.2, 0.25) is 0 Å². The van der Waals surface area contributed by atoms with Gasteiger partial charge >= 0.3 is 0 Å². The third-order valence-electron chi connectivity index (χ3n) is 3.53. The molecule has 0 bridgehead atoms. The van der Waals surface area contributed by atoms with Crippen LogP contribution >= 0.6 is 23.4 Å². The van der Waals surface area contributed by atoms with Crippen LogP contribution in [0.3, 0.4) is 0 Å². The lowest BCUT2D eigenvalue weighted by molar-refractivity contribution is -0.00202. The fourth-order valence-corrected chi connectivity index (χ4v) is 2.80. The number of amides is 1. The van der Waals surface area contributed by atoms with Crippen molar-refractivity contribution in [3.8, 4) is 0 Å². The number of halogens is 1. The minimum absolute atomic E-state index is 0.0450. The normalized spacial score (nSPS) is 18.4. The smallest absolute Gasteiger partial charge is 0.255 e. The van der Waals surface area contributed by atoms with E-state index >= 15 is 0 Å². The molecule has 1 aliphatic heterocycles. The van der Waals surface area contributed by atoms with Crippen LogP contribution in [0.1, 0.15) is 30.1 Å². The third kappa shape index (κ3) is 3.44. The van der Waals surface area contributed by atoms with Crippen LogP contribution in [-0.2, 0) is 0 Å². The lowest BCUT2D eigenvalue weighted by Crippen LogP contribution is -2.45. The van der Waals surface area contributed by atoms with Crippen molar-refractivity contribution in [1.29, 1.82) is 0 Å². The maximum absolute atomic E-state index is 12.5. The summed E-state index contributed by atoms with van der Waals surface area (Å²) in [7, 11) is 0. The van der Waals surface area contributed by atoms with Crippen LogP contribution in [0.4, 0.5) is 0 Å². The molecule has 5 heteroatoms. The van der Waals surface area contributed by atoms with Gasteiger partial charge in [0.05, 0.1) is 16.2 Å². The summed E-state index contributed by atoms with van der Waals surface area (Å²) in [5, 5.41) is 10.4. The number of likely N-dealkylation sites (tertiary alicyclic amines) is 1. The highest BCUT2D eigenvalue weighted by Gasteiger charge is 2.30. The molecular formula is C14H18ClNO2S. The van der Waals surface area contributed by atoms with E-state index in [4.69, 9.17) is 11.6 Å². The third-order valence-corrected chi connectivity index (χ3v) is 4.59. The fraction of sp³-hybridized carbons (Fsp3) is 0.500. The molecule has 0 atom stereocenters. The molecule has 0 aliphatic carbocycles. The van der Waals surface area contributed by atoms with E-state index in [0.29, 0.717) is 36.5 Å². The molecule has 0 radical (unpaired) electrons. The standard InChI is InChI=1S/C14H18ClNO2S/c1-14(18)5-7-16(8-6-14)13(17)11-9-10(19-2)3-4-12(11)15/h3-4,9,18H,5-8H2,1-2H3. The summed E-state index contributed by atoms with van der Waals surface area (Å²) in [6.07, 6.45) is 3.19. The Bertz CT molecular complexity index is 480. The molecule has 1 N–H and O–H groups in total. The summed E-state index contributed by atoms with van der Waals surface area (Å²) < 4.78 is 0. The molecule has 19 heavy (non-hydrogen) atoms. The average Bonchev–Trinajstić information content (AvgIpc) is 2.38. The van der Waals surface area contributed by atoms with Gasteiger partial charge in [0.1, 0.15) is 0 Å². The maximum Gasteiger partial charge on any atom is 0.255 e. The number of carbonyl (C=O) groups is 1. The number of benzene rings is 1. The van der Waals surface area contributed by atoms with Gasteiger partial charge in [-0.2, -0.15) is 0 Å². The minimum atomic E-state index is -0.651. The van der Waals surface area contributed by atoms with E-state index in [9.17, 15) is 9.90 Å². The van der Waals surface area contributed by atoms with Crippen LogP contribution in [0, 0.1) is 0 Å². The zero-order valence-corrected chi connectivity index (χ0v) is 12.7. The number of piperidine rings is 1. The molecule has 0 spiro atoms. The van der Waals surface area contributed by atoms with Crippen molar-refractivity contribution < 1.29 is 9.90 Å². The molecule has 1 fully saturated rings. The minimum Gasteiger partial charge on any atom is -0.390 e. The van der Waals surface area contributed by atoms with E-state index < -0.39 is 5.60 Å². The summed E-state index contributed by atoms with van der Waals surface area (Å²) in [6.45, 7) is 2.97. The first-order chi connectivity index (χ1) is 8.93. The highest BCUT2D eigenvalue weighted by atomic mass is 35.5. The molecule has 3 nitrogen and oxygen atoms in total. The molecule has 1 heterocycles. The van der Waals surface area contributed by atoms with Crippen molar-refractivity contribution in [3.63, 3.8) is 0 Å². The lowest BCUT2D eigenvalue weighted by Gasteiger charge is -2.36. The molecule has 104 valence electrons. The van der Waals surface area contributed by atoms with Crippen LogP contribution in [0.5, 0.6) is 0 Å². The predicted molar refractivity (Wildman–Crippen MR) is 79.0 cm³/mol. The van der Waals surface area contributed by atoms with E-state index in [-0.39, 0.29) is 5.91 Å². The van der Waals surface area contributed by atoms with Crippen molar-refractivity contribution in [2.45, 2.75) is 30.3 Å². The number of hydrogen-bond donors (Lipinski definition) is 1. The molecule has 2 rings (SSSR count). The molecule has 1 amide bonds. The lowest BCUT2D eigenvalue weighted by atomic mass is 9.93. The van der Waals surface area contributed by atoms with Gasteiger partial charge in [0.15, 0.2) is 0 Å². The number of carbonyl (C=O) groups excluding carboxylic acids is 1. The number of aliphatic hydroxyl groups is 1. The highest BCUT2D eigenvalue weighted by Crippen LogP contribution is 2.27. The molecule has 1 saturated heterocycles. The average molecular weight is 300 g/mol.